The Morgan fingerprint density at radius 3 is 2.15 bits per heavy atom. The summed E-state index contributed by atoms with van der Waals surface area (Å²) in [5.41, 5.74) is 0.580. The van der Waals surface area contributed by atoms with Gasteiger partial charge < -0.3 is 5.11 Å². The fourth-order valence-corrected chi connectivity index (χ4v) is 2.95. The lowest BCUT2D eigenvalue weighted by Gasteiger charge is -2.06. The van der Waals surface area contributed by atoms with E-state index in [1.807, 2.05) is 0 Å². The van der Waals surface area contributed by atoms with Crippen molar-refractivity contribution in [3.05, 3.63) is 29.8 Å². The van der Waals surface area contributed by atoms with Gasteiger partial charge in [0, 0.05) is 12.8 Å². The lowest BCUT2D eigenvalue weighted by atomic mass is 10.2. The number of carbonyl (C=O) groups is 1. The highest BCUT2D eigenvalue weighted by Gasteiger charge is 2.12. The number of aliphatic carboxylic acids is 1. The van der Waals surface area contributed by atoms with Crippen LogP contribution in [0.25, 0.3) is 0 Å². The van der Waals surface area contributed by atoms with Crippen LogP contribution in [0.5, 0.6) is 0 Å². The van der Waals surface area contributed by atoms with E-state index in [2.05, 4.69) is 4.72 Å². The molecule has 0 amide bonds. The van der Waals surface area contributed by atoms with Crippen molar-refractivity contribution >= 4 is 25.8 Å². The first-order valence-corrected chi connectivity index (χ1v) is 9.13. The monoisotopic (exact) mass is 321 g/mol. The molecule has 1 aromatic rings. The van der Waals surface area contributed by atoms with Gasteiger partial charge in [0.2, 0.25) is 10.0 Å². The number of sulfone groups is 1. The Morgan fingerprint density at radius 1 is 1.15 bits per heavy atom. The average Bonchev–Trinajstić information content (AvgIpc) is 2.34. The van der Waals surface area contributed by atoms with Crippen LogP contribution < -0.4 is 4.72 Å². The molecule has 0 bridgehead atoms. The Bertz CT molecular complexity index is 676. The summed E-state index contributed by atoms with van der Waals surface area (Å²) >= 11 is 0. The summed E-state index contributed by atoms with van der Waals surface area (Å²) in [5.74, 6) is -1.68. The predicted molar refractivity (Wildman–Crippen MR) is 72.4 cm³/mol. The molecule has 0 aliphatic heterocycles. The molecular formula is C11H15NO6S2. The normalized spacial score (nSPS) is 12.2. The Labute approximate surface area is 117 Å². The predicted octanol–water partition coefficient (Wildman–Crippen LogP) is -0.0158. The molecule has 0 saturated carbocycles. The molecule has 0 aromatic heterocycles. The summed E-state index contributed by atoms with van der Waals surface area (Å²) in [6.07, 6.45) is 0.610. The number of rotatable bonds is 7. The van der Waals surface area contributed by atoms with E-state index in [0.29, 0.717) is 5.56 Å². The van der Waals surface area contributed by atoms with E-state index in [1.165, 1.54) is 24.3 Å². The van der Waals surface area contributed by atoms with Crippen LogP contribution in [0.3, 0.4) is 0 Å². The van der Waals surface area contributed by atoms with Crippen molar-refractivity contribution in [3.63, 3.8) is 0 Å². The fraction of sp³-hybridized carbons (Fsp3) is 0.364. The van der Waals surface area contributed by atoms with Crippen molar-refractivity contribution in [3.8, 4) is 0 Å². The molecule has 0 spiro atoms. The van der Waals surface area contributed by atoms with Gasteiger partial charge in [-0.1, -0.05) is 12.1 Å². The SMILES string of the molecule is CS(=O)(=O)c1ccc(CNS(=O)(=O)CCC(=O)O)cc1. The minimum atomic E-state index is -3.66. The summed E-state index contributed by atoms with van der Waals surface area (Å²) in [6.45, 7) is -0.0218. The molecule has 0 atom stereocenters. The van der Waals surface area contributed by atoms with Gasteiger partial charge in [-0.2, -0.15) is 0 Å². The minimum absolute atomic E-state index is 0.0218. The molecule has 2 N–H and O–H groups in total. The number of benzene rings is 1. The maximum Gasteiger partial charge on any atom is 0.304 e. The summed E-state index contributed by atoms with van der Waals surface area (Å²) in [4.78, 5) is 10.5. The third-order valence-electron chi connectivity index (χ3n) is 2.43. The molecule has 0 heterocycles. The second-order valence-corrected chi connectivity index (χ2v) is 8.14. The first-order valence-electron chi connectivity index (χ1n) is 5.58. The largest absolute Gasteiger partial charge is 0.481 e. The highest BCUT2D eigenvalue weighted by molar-refractivity contribution is 7.90. The topological polar surface area (TPSA) is 118 Å². The van der Waals surface area contributed by atoms with Crippen molar-refractivity contribution in [2.24, 2.45) is 0 Å². The number of carboxylic acid groups (broad SMARTS) is 1. The van der Waals surface area contributed by atoms with Crippen LogP contribution in [0.1, 0.15) is 12.0 Å². The molecule has 0 radical (unpaired) electrons. The van der Waals surface area contributed by atoms with Gasteiger partial charge >= 0.3 is 5.97 Å². The number of sulfonamides is 1. The van der Waals surface area contributed by atoms with Crippen LogP contribution in [0, 0.1) is 0 Å². The van der Waals surface area contributed by atoms with E-state index < -0.39 is 38.0 Å². The molecule has 0 fully saturated rings. The van der Waals surface area contributed by atoms with Gasteiger partial charge in [0.25, 0.3) is 0 Å². The average molecular weight is 321 g/mol. The van der Waals surface area contributed by atoms with E-state index in [0.717, 1.165) is 6.26 Å². The quantitative estimate of drug-likeness (QED) is 0.729. The number of carboxylic acids is 1. The molecular weight excluding hydrogens is 306 g/mol. The van der Waals surface area contributed by atoms with Gasteiger partial charge in [0.15, 0.2) is 9.84 Å². The van der Waals surface area contributed by atoms with Crippen LogP contribution >= 0.6 is 0 Å². The highest BCUT2D eigenvalue weighted by Crippen LogP contribution is 2.10. The molecule has 112 valence electrons. The zero-order chi connectivity index (χ0) is 15.4. The molecule has 0 aliphatic carbocycles. The number of hydrogen-bond donors (Lipinski definition) is 2. The Balaban J connectivity index is 2.64. The molecule has 20 heavy (non-hydrogen) atoms. The summed E-state index contributed by atoms with van der Waals surface area (Å²) in [5, 5.41) is 8.42. The fourth-order valence-electron chi connectivity index (χ4n) is 1.34. The second-order valence-electron chi connectivity index (χ2n) is 4.20. The third-order valence-corrected chi connectivity index (χ3v) is 4.89. The minimum Gasteiger partial charge on any atom is -0.481 e. The van der Waals surface area contributed by atoms with E-state index >= 15 is 0 Å². The highest BCUT2D eigenvalue weighted by atomic mass is 32.2. The van der Waals surface area contributed by atoms with Crippen molar-refractivity contribution in [1.29, 1.82) is 0 Å². The lowest BCUT2D eigenvalue weighted by Crippen LogP contribution is -2.27. The molecule has 0 aliphatic rings. The molecule has 7 nitrogen and oxygen atoms in total. The first-order chi connectivity index (χ1) is 9.10. The molecule has 1 aromatic carbocycles. The van der Waals surface area contributed by atoms with Crippen LogP contribution in [-0.4, -0.2) is 39.9 Å². The van der Waals surface area contributed by atoms with E-state index in [9.17, 15) is 21.6 Å². The van der Waals surface area contributed by atoms with Crippen molar-refractivity contribution < 1.29 is 26.7 Å². The standard InChI is InChI=1S/C11H15NO6S2/c1-19(15,16)10-4-2-9(3-5-10)8-12-20(17,18)7-6-11(13)14/h2-5,12H,6-8H2,1H3,(H,13,14). The van der Waals surface area contributed by atoms with E-state index in [-0.39, 0.29) is 11.4 Å². The van der Waals surface area contributed by atoms with Crippen molar-refractivity contribution in [2.45, 2.75) is 17.9 Å². The molecule has 1 rings (SSSR count). The zero-order valence-corrected chi connectivity index (χ0v) is 12.4. The van der Waals surface area contributed by atoms with Gasteiger partial charge in [0.05, 0.1) is 17.1 Å². The second kappa shape index (κ2) is 6.33. The van der Waals surface area contributed by atoms with E-state index in [4.69, 9.17) is 5.11 Å². The Hall–Kier alpha value is -1.45. The summed E-state index contributed by atoms with van der Waals surface area (Å²) in [6, 6.07) is 5.76. The molecule has 9 heteroatoms. The van der Waals surface area contributed by atoms with Gasteiger partial charge in [-0.25, -0.2) is 21.6 Å². The zero-order valence-electron chi connectivity index (χ0n) is 10.7. The third kappa shape index (κ3) is 5.68. The maximum absolute atomic E-state index is 11.5. The van der Waals surface area contributed by atoms with Crippen molar-refractivity contribution in [2.75, 3.05) is 12.0 Å². The van der Waals surface area contributed by atoms with Gasteiger partial charge in [-0.05, 0) is 17.7 Å². The van der Waals surface area contributed by atoms with Crippen molar-refractivity contribution in [1.82, 2.24) is 4.72 Å². The van der Waals surface area contributed by atoms with Crippen LogP contribution in [0.15, 0.2) is 29.2 Å². The molecule has 0 saturated heterocycles. The van der Waals surface area contributed by atoms with Gasteiger partial charge in [-0.15, -0.1) is 0 Å². The van der Waals surface area contributed by atoms with Crippen LogP contribution in [-0.2, 0) is 31.2 Å². The maximum atomic E-state index is 11.5. The van der Waals surface area contributed by atoms with Crippen LogP contribution in [0.4, 0.5) is 0 Å². The van der Waals surface area contributed by atoms with E-state index in [1.54, 1.807) is 0 Å². The lowest BCUT2D eigenvalue weighted by molar-refractivity contribution is -0.136. The van der Waals surface area contributed by atoms with Crippen LogP contribution in [0.2, 0.25) is 0 Å². The Morgan fingerprint density at radius 2 is 1.70 bits per heavy atom. The Kier molecular flexibility index (Phi) is 5.26. The van der Waals surface area contributed by atoms with Gasteiger partial charge in [0.1, 0.15) is 0 Å². The first kappa shape index (κ1) is 16.6. The molecule has 0 unspecified atom stereocenters. The smallest absolute Gasteiger partial charge is 0.304 e. The summed E-state index contributed by atoms with van der Waals surface area (Å²) < 4.78 is 47.7. The van der Waals surface area contributed by atoms with Gasteiger partial charge in [-0.3, -0.25) is 4.79 Å². The number of hydrogen-bond acceptors (Lipinski definition) is 5. The number of nitrogens with one attached hydrogen (secondary N) is 1. The summed E-state index contributed by atoms with van der Waals surface area (Å²) in [7, 11) is -6.95.